The van der Waals surface area contributed by atoms with Gasteiger partial charge in [0, 0.05) is 19.3 Å². The average molecular weight is 338 g/mol. The quantitative estimate of drug-likeness (QED) is 0.852. The zero-order chi connectivity index (χ0) is 17.2. The molecule has 1 aromatic carbocycles. The predicted molar refractivity (Wildman–Crippen MR) is 83.4 cm³/mol. The lowest BCUT2D eigenvalue weighted by Gasteiger charge is -2.14. The second kappa shape index (κ2) is 6.33. The van der Waals surface area contributed by atoms with Crippen molar-refractivity contribution in [3.8, 4) is 0 Å². The summed E-state index contributed by atoms with van der Waals surface area (Å²) in [5.74, 6) is -1.31. The molecular formula is C15H15FN2O4S. The average Bonchev–Trinajstić information content (AvgIpc) is 2.50. The summed E-state index contributed by atoms with van der Waals surface area (Å²) < 4.78 is 38.9. The summed E-state index contributed by atoms with van der Waals surface area (Å²) in [7, 11) is -2.43. The number of halogens is 1. The van der Waals surface area contributed by atoms with E-state index in [0.717, 1.165) is 24.3 Å². The van der Waals surface area contributed by atoms with E-state index < -0.39 is 26.8 Å². The highest BCUT2D eigenvalue weighted by Crippen LogP contribution is 2.18. The van der Waals surface area contributed by atoms with Crippen LogP contribution < -0.4 is 10.9 Å². The number of carbonyl (C=O) groups is 1. The van der Waals surface area contributed by atoms with Gasteiger partial charge in [-0.05, 0) is 37.3 Å². The highest BCUT2D eigenvalue weighted by molar-refractivity contribution is 7.92. The van der Waals surface area contributed by atoms with E-state index in [1.165, 1.54) is 36.9 Å². The molecule has 0 unspecified atom stereocenters. The Labute approximate surface area is 132 Å². The number of benzene rings is 1. The van der Waals surface area contributed by atoms with Gasteiger partial charge in [-0.3, -0.25) is 9.59 Å². The Morgan fingerprint density at radius 3 is 2.35 bits per heavy atom. The Kier molecular flexibility index (Phi) is 4.65. The van der Waals surface area contributed by atoms with Crippen LogP contribution in [0.4, 0.5) is 10.1 Å². The Balaban J connectivity index is 2.22. The van der Waals surface area contributed by atoms with Crippen LogP contribution in [0.2, 0.25) is 0 Å². The van der Waals surface area contributed by atoms with E-state index in [1.54, 1.807) is 0 Å². The first-order valence-electron chi connectivity index (χ1n) is 6.69. The van der Waals surface area contributed by atoms with Gasteiger partial charge in [0.15, 0.2) is 9.84 Å². The third-order valence-electron chi connectivity index (χ3n) is 3.33. The molecular weight excluding hydrogens is 323 g/mol. The molecule has 1 aromatic heterocycles. The minimum Gasteiger partial charge on any atom is -0.324 e. The van der Waals surface area contributed by atoms with E-state index in [2.05, 4.69) is 5.32 Å². The van der Waals surface area contributed by atoms with Crippen LogP contribution in [0, 0.1) is 5.82 Å². The fourth-order valence-corrected chi connectivity index (χ4v) is 3.15. The van der Waals surface area contributed by atoms with Crippen LogP contribution in [0.1, 0.15) is 6.92 Å². The van der Waals surface area contributed by atoms with Crippen molar-refractivity contribution in [1.29, 1.82) is 0 Å². The SMILES string of the molecule is C[C@@H](C(=O)Nc1ccc(=O)n(C)c1)S(=O)(=O)c1ccc(F)cc1. The number of amides is 1. The fourth-order valence-electron chi connectivity index (χ4n) is 1.88. The van der Waals surface area contributed by atoms with Crippen molar-refractivity contribution in [2.24, 2.45) is 7.05 Å². The van der Waals surface area contributed by atoms with Gasteiger partial charge in [0.05, 0.1) is 10.6 Å². The van der Waals surface area contributed by atoms with Gasteiger partial charge >= 0.3 is 0 Å². The summed E-state index contributed by atoms with van der Waals surface area (Å²) in [5.41, 5.74) is 0.0493. The second-order valence-electron chi connectivity index (χ2n) is 5.00. The number of aromatic nitrogens is 1. The van der Waals surface area contributed by atoms with E-state index in [4.69, 9.17) is 0 Å². The first-order chi connectivity index (χ1) is 10.7. The number of hydrogen-bond acceptors (Lipinski definition) is 4. The van der Waals surface area contributed by atoms with Gasteiger partial charge < -0.3 is 9.88 Å². The first kappa shape index (κ1) is 16.9. The lowest BCUT2D eigenvalue weighted by atomic mass is 10.3. The van der Waals surface area contributed by atoms with Crippen molar-refractivity contribution in [2.75, 3.05) is 5.32 Å². The monoisotopic (exact) mass is 338 g/mol. The van der Waals surface area contributed by atoms with Gasteiger partial charge in [-0.2, -0.15) is 0 Å². The number of nitrogens with zero attached hydrogens (tertiary/aromatic N) is 1. The van der Waals surface area contributed by atoms with Gasteiger partial charge in [-0.25, -0.2) is 12.8 Å². The third kappa shape index (κ3) is 3.65. The third-order valence-corrected chi connectivity index (χ3v) is 5.40. The van der Waals surface area contributed by atoms with E-state index in [1.807, 2.05) is 0 Å². The molecule has 0 saturated heterocycles. The summed E-state index contributed by atoms with van der Waals surface area (Å²) in [5, 5.41) is 1.07. The number of anilines is 1. The van der Waals surface area contributed by atoms with Gasteiger partial charge in [-0.15, -0.1) is 0 Å². The molecule has 2 rings (SSSR count). The Morgan fingerprint density at radius 1 is 1.17 bits per heavy atom. The number of rotatable bonds is 4. The first-order valence-corrected chi connectivity index (χ1v) is 8.23. The molecule has 0 saturated carbocycles. The molecule has 23 heavy (non-hydrogen) atoms. The number of aryl methyl sites for hydroxylation is 1. The Bertz CT molecular complexity index is 888. The number of pyridine rings is 1. The zero-order valence-electron chi connectivity index (χ0n) is 12.5. The molecule has 0 radical (unpaired) electrons. The van der Waals surface area contributed by atoms with Crippen LogP contribution in [0.25, 0.3) is 0 Å². The largest absolute Gasteiger partial charge is 0.324 e. The molecule has 122 valence electrons. The smallest absolute Gasteiger partial charge is 0.250 e. The molecule has 0 aliphatic rings. The van der Waals surface area contributed by atoms with Gasteiger partial charge in [0.2, 0.25) is 11.5 Å². The van der Waals surface area contributed by atoms with Crippen molar-refractivity contribution in [1.82, 2.24) is 4.57 Å². The number of carbonyl (C=O) groups excluding carboxylic acids is 1. The lowest BCUT2D eigenvalue weighted by Crippen LogP contribution is -2.33. The Hall–Kier alpha value is -2.48. The van der Waals surface area contributed by atoms with E-state index in [9.17, 15) is 22.4 Å². The van der Waals surface area contributed by atoms with Crippen LogP contribution in [0.3, 0.4) is 0 Å². The van der Waals surface area contributed by atoms with Gasteiger partial charge in [0.25, 0.3) is 0 Å². The van der Waals surface area contributed by atoms with Crippen LogP contribution in [-0.2, 0) is 21.7 Å². The van der Waals surface area contributed by atoms with Crippen molar-refractivity contribution >= 4 is 21.4 Å². The number of hydrogen-bond donors (Lipinski definition) is 1. The molecule has 0 spiro atoms. The number of sulfone groups is 1. The summed E-state index contributed by atoms with van der Waals surface area (Å²) >= 11 is 0. The van der Waals surface area contributed by atoms with Crippen molar-refractivity contribution < 1.29 is 17.6 Å². The maximum atomic E-state index is 12.9. The lowest BCUT2D eigenvalue weighted by molar-refractivity contribution is -0.115. The normalized spacial score (nSPS) is 12.7. The molecule has 0 fully saturated rings. The zero-order valence-corrected chi connectivity index (χ0v) is 13.3. The molecule has 0 aliphatic heterocycles. The predicted octanol–water partition coefficient (Wildman–Crippen LogP) is 1.33. The van der Waals surface area contributed by atoms with Crippen molar-refractivity contribution in [3.05, 3.63) is 58.8 Å². The summed E-state index contributed by atoms with van der Waals surface area (Å²) in [6.45, 7) is 1.25. The van der Waals surface area contributed by atoms with Crippen LogP contribution in [0.5, 0.6) is 0 Å². The molecule has 1 atom stereocenters. The summed E-state index contributed by atoms with van der Waals surface area (Å²) in [4.78, 5) is 23.3. The standard InChI is InChI=1S/C15H15FN2O4S/c1-10(23(21,22)13-6-3-11(16)4-7-13)15(20)17-12-5-8-14(19)18(2)9-12/h3-10H,1-2H3,(H,17,20)/t10-/m0/s1. The topological polar surface area (TPSA) is 85.2 Å². The van der Waals surface area contributed by atoms with Crippen LogP contribution in [0.15, 0.2) is 52.3 Å². The minimum atomic E-state index is -3.94. The van der Waals surface area contributed by atoms with Gasteiger partial charge in [-0.1, -0.05) is 0 Å². The molecule has 1 heterocycles. The molecule has 1 amide bonds. The van der Waals surface area contributed by atoms with Crippen LogP contribution in [-0.4, -0.2) is 24.1 Å². The fraction of sp³-hybridized carbons (Fsp3) is 0.200. The van der Waals surface area contributed by atoms with E-state index >= 15 is 0 Å². The molecule has 0 bridgehead atoms. The highest BCUT2D eigenvalue weighted by Gasteiger charge is 2.29. The van der Waals surface area contributed by atoms with Crippen molar-refractivity contribution in [2.45, 2.75) is 17.1 Å². The summed E-state index contributed by atoms with van der Waals surface area (Å²) in [6, 6.07) is 6.91. The summed E-state index contributed by atoms with van der Waals surface area (Å²) in [6.07, 6.45) is 1.39. The molecule has 0 aliphatic carbocycles. The maximum Gasteiger partial charge on any atom is 0.250 e. The minimum absolute atomic E-state index is 0.137. The maximum absolute atomic E-state index is 12.9. The van der Waals surface area contributed by atoms with Crippen LogP contribution >= 0.6 is 0 Å². The molecule has 2 aromatic rings. The second-order valence-corrected chi connectivity index (χ2v) is 7.27. The molecule has 1 N–H and O–H groups in total. The van der Waals surface area contributed by atoms with E-state index in [-0.39, 0.29) is 10.5 Å². The highest BCUT2D eigenvalue weighted by atomic mass is 32.2. The van der Waals surface area contributed by atoms with E-state index in [0.29, 0.717) is 5.69 Å². The number of nitrogens with one attached hydrogen (secondary N) is 1. The molecule has 8 heteroatoms. The Morgan fingerprint density at radius 2 is 1.78 bits per heavy atom. The van der Waals surface area contributed by atoms with Gasteiger partial charge in [0.1, 0.15) is 11.1 Å². The van der Waals surface area contributed by atoms with Crippen molar-refractivity contribution in [3.63, 3.8) is 0 Å². The molecule has 6 nitrogen and oxygen atoms in total.